The number of halogens is 1. The Morgan fingerprint density at radius 3 is 2.50 bits per heavy atom. The van der Waals surface area contributed by atoms with Gasteiger partial charge in [-0.15, -0.1) is 11.6 Å². The summed E-state index contributed by atoms with van der Waals surface area (Å²) >= 11 is 5.54. The molecule has 0 aliphatic rings. The molecular weight excluding hydrogens is 250 g/mol. The molecule has 0 aliphatic carbocycles. The molecule has 1 aromatic carbocycles. The quantitative estimate of drug-likeness (QED) is 0.489. The van der Waals surface area contributed by atoms with Crippen molar-refractivity contribution in [3.8, 4) is 0 Å². The Morgan fingerprint density at radius 1 is 1.39 bits per heavy atom. The summed E-state index contributed by atoms with van der Waals surface area (Å²) in [6.45, 7) is 4.01. The van der Waals surface area contributed by atoms with Gasteiger partial charge in [-0.2, -0.15) is 0 Å². The van der Waals surface area contributed by atoms with Crippen molar-refractivity contribution in [2.24, 2.45) is 16.6 Å². The third-order valence-corrected chi connectivity index (χ3v) is 2.43. The summed E-state index contributed by atoms with van der Waals surface area (Å²) in [5.74, 6) is 0.930. The Labute approximate surface area is 112 Å². The highest BCUT2D eigenvalue weighted by Gasteiger charge is 2.04. The van der Waals surface area contributed by atoms with Gasteiger partial charge in [0.25, 0.3) is 0 Å². The van der Waals surface area contributed by atoms with Gasteiger partial charge < -0.3 is 11.1 Å². The number of rotatable bonds is 5. The molecule has 1 amide bonds. The third kappa shape index (κ3) is 5.19. The first kappa shape index (κ1) is 14.5. The first-order valence-electron chi connectivity index (χ1n) is 5.80. The van der Waals surface area contributed by atoms with Crippen LogP contribution in [0, 0.1) is 5.92 Å². The molecule has 3 N–H and O–H groups in total. The van der Waals surface area contributed by atoms with Crippen LogP contribution < -0.4 is 11.1 Å². The van der Waals surface area contributed by atoms with Gasteiger partial charge in [-0.3, -0.25) is 4.79 Å². The predicted molar refractivity (Wildman–Crippen MR) is 76.5 cm³/mol. The summed E-state index contributed by atoms with van der Waals surface area (Å²) in [7, 11) is 0. The highest BCUT2D eigenvalue weighted by atomic mass is 35.5. The van der Waals surface area contributed by atoms with E-state index in [0.29, 0.717) is 18.2 Å². The molecule has 0 atom stereocenters. The standard InChI is InChI=1S/C13H18ClN3O/c1-9(2)7-13(18)17-11-5-3-10(4-6-11)16-12(15)8-14/h3-6,9H,7-8H2,1-2H3,(H2,15,16)(H,17,18). The molecule has 0 radical (unpaired) electrons. The molecule has 18 heavy (non-hydrogen) atoms. The third-order valence-electron chi connectivity index (χ3n) is 2.15. The minimum Gasteiger partial charge on any atom is -0.386 e. The number of hydrogen-bond acceptors (Lipinski definition) is 2. The van der Waals surface area contributed by atoms with Gasteiger partial charge in [0.1, 0.15) is 5.84 Å². The molecular formula is C13H18ClN3O. The van der Waals surface area contributed by atoms with Crippen LogP contribution in [-0.2, 0) is 4.79 Å². The van der Waals surface area contributed by atoms with Crippen molar-refractivity contribution >= 4 is 34.7 Å². The molecule has 98 valence electrons. The van der Waals surface area contributed by atoms with E-state index in [-0.39, 0.29) is 11.8 Å². The summed E-state index contributed by atoms with van der Waals surface area (Å²) < 4.78 is 0. The number of nitrogens with zero attached hydrogens (tertiary/aromatic N) is 1. The number of alkyl halides is 1. The van der Waals surface area contributed by atoms with Crippen molar-refractivity contribution in [1.82, 2.24) is 0 Å². The van der Waals surface area contributed by atoms with Gasteiger partial charge in [0.15, 0.2) is 0 Å². The molecule has 1 rings (SSSR count). The van der Waals surface area contributed by atoms with Crippen LogP contribution in [0.25, 0.3) is 0 Å². The van der Waals surface area contributed by atoms with E-state index in [1.165, 1.54) is 0 Å². The van der Waals surface area contributed by atoms with E-state index >= 15 is 0 Å². The second kappa shape index (κ2) is 7.01. The van der Waals surface area contributed by atoms with Gasteiger partial charge in [-0.05, 0) is 30.2 Å². The summed E-state index contributed by atoms with van der Waals surface area (Å²) in [5.41, 5.74) is 7.00. The fourth-order valence-corrected chi connectivity index (χ4v) is 1.46. The molecule has 5 heteroatoms. The number of nitrogens with two attached hydrogens (primary N) is 1. The minimum absolute atomic E-state index is 0.0153. The van der Waals surface area contributed by atoms with Gasteiger partial charge in [-0.25, -0.2) is 4.99 Å². The zero-order chi connectivity index (χ0) is 13.5. The Morgan fingerprint density at radius 2 is 2.00 bits per heavy atom. The van der Waals surface area contributed by atoms with Crippen molar-refractivity contribution in [1.29, 1.82) is 0 Å². The largest absolute Gasteiger partial charge is 0.386 e. The van der Waals surface area contributed by atoms with Crippen molar-refractivity contribution in [3.05, 3.63) is 24.3 Å². The molecule has 0 aliphatic heterocycles. The maximum atomic E-state index is 11.6. The Hall–Kier alpha value is -1.55. The number of hydrogen-bond donors (Lipinski definition) is 2. The first-order chi connectivity index (χ1) is 8.51. The second-order valence-corrected chi connectivity index (χ2v) is 4.70. The number of nitrogens with one attached hydrogen (secondary N) is 1. The van der Waals surface area contributed by atoms with Crippen LogP contribution in [0.4, 0.5) is 11.4 Å². The number of anilines is 1. The van der Waals surface area contributed by atoms with Gasteiger partial charge in [0, 0.05) is 12.1 Å². The molecule has 0 bridgehead atoms. The van der Waals surface area contributed by atoms with Crippen LogP contribution in [0.2, 0.25) is 0 Å². The van der Waals surface area contributed by atoms with Crippen LogP contribution in [0.5, 0.6) is 0 Å². The number of carbonyl (C=O) groups is 1. The molecule has 1 aromatic rings. The van der Waals surface area contributed by atoms with Crippen molar-refractivity contribution in [3.63, 3.8) is 0 Å². The highest BCUT2D eigenvalue weighted by Crippen LogP contribution is 2.17. The van der Waals surface area contributed by atoms with Crippen molar-refractivity contribution in [2.75, 3.05) is 11.2 Å². The minimum atomic E-state index is 0.0153. The van der Waals surface area contributed by atoms with Crippen molar-refractivity contribution in [2.45, 2.75) is 20.3 Å². The maximum absolute atomic E-state index is 11.6. The zero-order valence-electron chi connectivity index (χ0n) is 10.6. The lowest BCUT2D eigenvalue weighted by Gasteiger charge is -2.07. The first-order valence-corrected chi connectivity index (χ1v) is 6.33. The summed E-state index contributed by atoms with van der Waals surface area (Å²) in [6.07, 6.45) is 0.513. The number of amidine groups is 1. The highest BCUT2D eigenvalue weighted by molar-refractivity contribution is 6.28. The molecule has 0 unspecified atom stereocenters. The van der Waals surface area contributed by atoms with E-state index in [1.54, 1.807) is 24.3 Å². The van der Waals surface area contributed by atoms with Gasteiger partial charge >= 0.3 is 0 Å². The van der Waals surface area contributed by atoms with Crippen LogP contribution >= 0.6 is 11.6 Å². The SMILES string of the molecule is CC(C)CC(=O)Nc1ccc(N=C(N)CCl)cc1. The molecule has 4 nitrogen and oxygen atoms in total. The van der Waals surface area contributed by atoms with E-state index in [1.807, 2.05) is 13.8 Å². The fraction of sp³-hybridized carbons (Fsp3) is 0.385. The zero-order valence-corrected chi connectivity index (χ0v) is 11.4. The Kier molecular flexibility index (Phi) is 5.65. The molecule has 0 saturated carbocycles. The van der Waals surface area contributed by atoms with Crippen LogP contribution in [0.1, 0.15) is 20.3 Å². The van der Waals surface area contributed by atoms with E-state index in [9.17, 15) is 4.79 Å². The monoisotopic (exact) mass is 267 g/mol. The van der Waals surface area contributed by atoms with Crippen LogP contribution in [-0.4, -0.2) is 17.6 Å². The predicted octanol–water partition coefficient (Wildman–Crippen LogP) is 2.90. The summed E-state index contributed by atoms with van der Waals surface area (Å²) in [5, 5.41) is 2.82. The molecule has 0 spiro atoms. The molecule has 0 saturated heterocycles. The maximum Gasteiger partial charge on any atom is 0.224 e. The number of aliphatic imine (C=N–C) groups is 1. The number of benzene rings is 1. The van der Waals surface area contributed by atoms with E-state index in [4.69, 9.17) is 17.3 Å². The van der Waals surface area contributed by atoms with E-state index in [0.717, 1.165) is 11.4 Å². The Balaban J connectivity index is 2.63. The van der Waals surface area contributed by atoms with E-state index in [2.05, 4.69) is 10.3 Å². The van der Waals surface area contributed by atoms with Crippen LogP contribution in [0.3, 0.4) is 0 Å². The topological polar surface area (TPSA) is 67.5 Å². The molecule has 0 fully saturated rings. The average molecular weight is 268 g/mol. The molecule has 0 heterocycles. The summed E-state index contributed by atoms with van der Waals surface area (Å²) in [4.78, 5) is 15.7. The normalized spacial score (nSPS) is 11.7. The molecule has 0 aromatic heterocycles. The lowest BCUT2D eigenvalue weighted by Crippen LogP contribution is -2.13. The van der Waals surface area contributed by atoms with Gasteiger partial charge in [-0.1, -0.05) is 13.8 Å². The lowest BCUT2D eigenvalue weighted by molar-refractivity contribution is -0.116. The average Bonchev–Trinajstić information content (AvgIpc) is 2.30. The Bertz CT molecular complexity index is 426. The van der Waals surface area contributed by atoms with Crippen molar-refractivity contribution < 1.29 is 4.79 Å². The number of amides is 1. The number of carbonyl (C=O) groups excluding carboxylic acids is 1. The smallest absolute Gasteiger partial charge is 0.224 e. The summed E-state index contributed by atoms with van der Waals surface area (Å²) in [6, 6.07) is 7.14. The lowest BCUT2D eigenvalue weighted by atomic mass is 10.1. The van der Waals surface area contributed by atoms with Gasteiger partial charge in [0.2, 0.25) is 5.91 Å². The fourth-order valence-electron chi connectivity index (χ4n) is 1.40. The van der Waals surface area contributed by atoms with Crippen LogP contribution in [0.15, 0.2) is 29.3 Å². The van der Waals surface area contributed by atoms with E-state index < -0.39 is 0 Å². The van der Waals surface area contributed by atoms with Gasteiger partial charge in [0.05, 0.1) is 11.6 Å². The second-order valence-electron chi connectivity index (χ2n) is 4.43.